The molecule has 13 nitrogen and oxygen atoms in total. The van der Waals surface area contributed by atoms with Gasteiger partial charge in [-0.15, -0.1) is 0 Å². The second-order valence-electron chi connectivity index (χ2n) is 18.0. The summed E-state index contributed by atoms with van der Waals surface area (Å²) in [4.78, 5) is 73.2. The number of aromatic amines is 2. The van der Waals surface area contributed by atoms with Gasteiger partial charge >= 0.3 is 12.1 Å². The van der Waals surface area contributed by atoms with E-state index in [-0.39, 0.29) is 36.3 Å². The summed E-state index contributed by atoms with van der Waals surface area (Å²) in [6.45, 7) is 12.2. The first-order valence-electron chi connectivity index (χ1n) is 19.9. The van der Waals surface area contributed by atoms with Gasteiger partial charge in [0, 0.05) is 24.2 Å². The van der Waals surface area contributed by atoms with Crippen LogP contribution in [0.1, 0.15) is 134 Å². The maximum atomic E-state index is 13.8. The molecule has 13 heteroatoms. The monoisotopic (exact) mass is 761 g/mol. The van der Waals surface area contributed by atoms with Crippen LogP contribution in [0.25, 0.3) is 22.1 Å². The summed E-state index contributed by atoms with van der Waals surface area (Å²) in [5.41, 5.74) is 2.09. The fourth-order valence-electron chi connectivity index (χ4n) is 8.13. The first kappa shape index (κ1) is 37.5. The molecule has 2 aromatic carbocycles. The van der Waals surface area contributed by atoms with Crippen molar-refractivity contribution in [3.05, 3.63) is 59.2 Å². The van der Waals surface area contributed by atoms with E-state index in [2.05, 4.69) is 27.1 Å². The molecule has 4 fully saturated rings. The van der Waals surface area contributed by atoms with Crippen molar-refractivity contribution in [1.82, 2.24) is 35.1 Å². The Balaban J connectivity index is 0.943. The zero-order chi connectivity index (χ0) is 39.6. The number of esters is 1. The molecule has 0 radical (unpaired) electrons. The molecule has 2 aliphatic carbocycles. The summed E-state index contributed by atoms with van der Waals surface area (Å²) in [6, 6.07) is 11.3. The molecule has 3 N–H and O–H groups in total. The quantitative estimate of drug-likeness (QED) is 0.138. The molecule has 1 unspecified atom stereocenters. The van der Waals surface area contributed by atoms with E-state index in [9.17, 15) is 19.2 Å². The highest BCUT2D eigenvalue weighted by Gasteiger charge is 2.56. The number of amides is 3. The van der Waals surface area contributed by atoms with Gasteiger partial charge in [0.2, 0.25) is 11.8 Å². The Morgan fingerprint density at radius 3 is 1.71 bits per heavy atom. The maximum absolute atomic E-state index is 13.8. The van der Waals surface area contributed by atoms with Crippen LogP contribution in [0.15, 0.2) is 36.4 Å². The number of H-pyrrole nitrogens is 2. The summed E-state index contributed by atoms with van der Waals surface area (Å²) >= 11 is 0. The van der Waals surface area contributed by atoms with Crippen molar-refractivity contribution < 1.29 is 28.7 Å². The van der Waals surface area contributed by atoms with Gasteiger partial charge in [-0.25, -0.2) is 14.8 Å². The van der Waals surface area contributed by atoms with Crippen molar-refractivity contribution in [3.8, 4) is 11.8 Å². The minimum absolute atomic E-state index is 0.0209. The van der Waals surface area contributed by atoms with Crippen LogP contribution in [0.3, 0.4) is 0 Å². The third-order valence-corrected chi connectivity index (χ3v) is 11.1. The third-order valence-electron chi connectivity index (χ3n) is 11.1. The average molecular weight is 762 g/mol. The van der Waals surface area contributed by atoms with Crippen molar-refractivity contribution in [2.45, 2.75) is 128 Å². The summed E-state index contributed by atoms with van der Waals surface area (Å²) in [5.74, 6) is 7.65. The molecule has 3 amide bonds. The number of rotatable bonds is 7. The molecule has 2 saturated heterocycles. The molecule has 8 rings (SSSR count). The summed E-state index contributed by atoms with van der Waals surface area (Å²) in [5, 5.41) is 2.85. The van der Waals surface area contributed by atoms with E-state index in [4.69, 9.17) is 19.4 Å². The number of carbonyl (C=O) groups is 4. The van der Waals surface area contributed by atoms with Gasteiger partial charge in [0.05, 0.1) is 46.0 Å². The highest BCUT2D eigenvalue weighted by molar-refractivity contribution is 5.93. The number of fused-ring (bicyclic) bond motifs is 2. The van der Waals surface area contributed by atoms with Crippen LogP contribution < -0.4 is 5.32 Å². The number of benzene rings is 2. The van der Waals surface area contributed by atoms with E-state index in [1.807, 2.05) is 67.0 Å². The molecule has 56 heavy (non-hydrogen) atoms. The van der Waals surface area contributed by atoms with Crippen LogP contribution in [0.2, 0.25) is 0 Å². The predicted octanol–water partition coefficient (Wildman–Crippen LogP) is 6.74. The predicted molar refractivity (Wildman–Crippen MR) is 209 cm³/mol. The lowest BCUT2D eigenvalue weighted by atomic mass is 9.99. The number of imidazole rings is 2. The van der Waals surface area contributed by atoms with Gasteiger partial charge < -0.3 is 34.6 Å². The molecule has 0 bridgehead atoms. The Labute approximate surface area is 326 Å². The van der Waals surface area contributed by atoms with E-state index >= 15 is 0 Å². The number of ether oxygens (including phenoxy) is 2. The zero-order valence-electron chi connectivity index (χ0n) is 33.1. The molecular formula is C43H51N7O6. The molecule has 2 atom stereocenters. The fourth-order valence-corrected chi connectivity index (χ4v) is 8.13. The molecule has 2 aliphatic heterocycles. The lowest BCUT2D eigenvalue weighted by molar-refractivity contribution is -0.159. The number of likely N-dealkylation sites (tertiary alicyclic amines) is 2. The lowest BCUT2D eigenvalue weighted by Gasteiger charge is -2.29. The Kier molecular flexibility index (Phi) is 9.17. The summed E-state index contributed by atoms with van der Waals surface area (Å²) in [7, 11) is 0. The number of nitrogens with zero attached hydrogens (tertiary/aromatic N) is 4. The second kappa shape index (κ2) is 13.7. The first-order valence-corrected chi connectivity index (χ1v) is 19.9. The van der Waals surface area contributed by atoms with Crippen LogP contribution in [0.4, 0.5) is 4.79 Å². The lowest BCUT2D eigenvalue weighted by Crippen LogP contribution is -2.51. The normalized spacial score (nSPS) is 21.1. The third kappa shape index (κ3) is 7.71. The number of aromatic nitrogens is 4. The van der Waals surface area contributed by atoms with E-state index in [0.717, 1.165) is 70.5 Å². The van der Waals surface area contributed by atoms with Crippen LogP contribution in [0, 0.1) is 17.3 Å². The molecule has 4 aliphatic rings. The zero-order valence-corrected chi connectivity index (χ0v) is 33.1. The minimum Gasteiger partial charge on any atom is -0.460 e. The van der Waals surface area contributed by atoms with Crippen molar-refractivity contribution in [3.63, 3.8) is 0 Å². The Morgan fingerprint density at radius 2 is 1.25 bits per heavy atom. The number of carbonyl (C=O) groups excluding carboxylic acids is 4. The molecule has 294 valence electrons. The van der Waals surface area contributed by atoms with Gasteiger partial charge in [-0.05, 0) is 129 Å². The number of hydrogen-bond acceptors (Lipinski definition) is 8. The fraction of sp³-hybridized carbons (Fsp3) is 0.535. The standard InChI is InChI=1S/C43H51N7O6/c1-40(2,3)55-34(51)25-42(17-18-42)37(52)49-21-7-9-32(49)35-44-28-15-13-26(23-30(28)46-35)11-12-27-14-16-29-31(24-27)47-36(45-29)33-10-8-22-50(33)38(53)43(19-20-43)48-39(54)56-41(4,5)6/h13-16,23-24,32-33H,7-10,17-22,25H2,1-6H3,(H,44,46)(H,45,47)(H,48,54)/t32-,33?/m0/s1. The Morgan fingerprint density at radius 1 is 0.750 bits per heavy atom. The highest BCUT2D eigenvalue weighted by atomic mass is 16.6. The molecule has 4 heterocycles. The van der Waals surface area contributed by atoms with Crippen molar-refractivity contribution in [1.29, 1.82) is 0 Å². The molecule has 4 aromatic rings. The van der Waals surface area contributed by atoms with E-state index in [1.54, 1.807) is 20.8 Å². The number of hydrogen-bond donors (Lipinski definition) is 3. The van der Waals surface area contributed by atoms with Crippen LogP contribution in [-0.2, 0) is 23.9 Å². The topological polar surface area (TPSA) is 163 Å². The Bertz CT molecular complexity index is 2130. The van der Waals surface area contributed by atoms with Gasteiger partial charge in [0.1, 0.15) is 28.4 Å². The van der Waals surface area contributed by atoms with Gasteiger partial charge in [0.15, 0.2) is 0 Å². The maximum Gasteiger partial charge on any atom is 0.408 e. The average Bonchev–Trinajstić information content (AvgIpc) is 3.71. The van der Waals surface area contributed by atoms with Gasteiger partial charge in [-0.2, -0.15) is 0 Å². The molecular weight excluding hydrogens is 711 g/mol. The first-order chi connectivity index (χ1) is 26.5. The van der Waals surface area contributed by atoms with Crippen molar-refractivity contribution in [2.24, 2.45) is 5.41 Å². The van der Waals surface area contributed by atoms with Crippen molar-refractivity contribution in [2.75, 3.05) is 13.1 Å². The minimum atomic E-state index is -0.916. The van der Waals surface area contributed by atoms with Gasteiger partial charge in [0.25, 0.3) is 0 Å². The Hall–Kier alpha value is -5.38. The van der Waals surface area contributed by atoms with Crippen molar-refractivity contribution >= 4 is 45.9 Å². The molecule has 2 saturated carbocycles. The van der Waals surface area contributed by atoms with Crippen LogP contribution >= 0.6 is 0 Å². The largest absolute Gasteiger partial charge is 0.460 e. The molecule has 2 aromatic heterocycles. The van der Waals surface area contributed by atoms with Crippen LogP contribution in [0.5, 0.6) is 0 Å². The number of alkyl carbamates (subject to hydrolysis) is 1. The SMILES string of the molecule is CC(C)(C)OC(=O)CC1(C(=O)N2CCC[C@H]2c2nc3ccc(C#Cc4ccc5nc(C6CCCN6C(=O)C6(NC(=O)OC(C)(C)C)CC6)[nH]c5c4)cc3[nH]2)CC1. The summed E-state index contributed by atoms with van der Waals surface area (Å²) in [6.07, 6.45) is 5.42. The van der Waals surface area contributed by atoms with E-state index in [0.29, 0.717) is 38.8 Å². The van der Waals surface area contributed by atoms with Gasteiger partial charge in [-0.1, -0.05) is 11.8 Å². The summed E-state index contributed by atoms with van der Waals surface area (Å²) < 4.78 is 11.0. The van der Waals surface area contributed by atoms with E-state index < -0.39 is 28.2 Å². The highest BCUT2D eigenvalue weighted by Crippen LogP contribution is 2.52. The van der Waals surface area contributed by atoms with Gasteiger partial charge in [-0.3, -0.25) is 14.4 Å². The molecule has 0 spiro atoms. The smallest absolute Gasteiger partial charge is 0.408 e. The van der Waals surface area contributed by atoms with Crippen LogP contribution in [-0.4, -0.2) is 83.4 Å². The van der Waals surface area contributed by atoms with E-state index in [1.165, 1.54) is 0 Å². The number of nitrogens with one attached hydrogen (secondary N) is 3. The second-order valence-corrected chi connectivity index (χ2v) is 18.0.